The number of hydrogen-bond acceptors (Lipinski definition) is 6. The van der Waals surface area contributed by atoms with E-state index in [1.54, 1.807) is 0 Å². The smallest absolute Gasteiger partial charge is 0.248 e. The molecular weight excluding hydrogens is 312 g/mol. The van der Waals surface area contributed by atoms with Gasteiger partial charge in [-0.15, -0.1) is 5.10 Å². The van der Waals surface area contributed by atoms with Crippen LogP contribution in [0.3, 0.4) is 0 Å². The lowest BCUT2D eigenvalue weighted by Crippen LogP contribution is -2.39. The number of rotatable bonds is 8. The zero-order valence-corrected chi connectivity index (χ0v) is 13.3. The number of methoxy groups -OCH3 is 1. The van der Waals surface area contributed by atoms with Crippen molar-refractivity contribution in [3.05, 3.63) is 42.2 Å². The molecule has 0 radical (unpaired) electrons. The summed E-state index contributed by atoms with van der Waals surface area (Å²) < 4.78 is 6.13. The molecule has 0 saturated carbocycles. The second-order valence-corrected chi connectivity index (χ2v) is 5.08. The van der Waals surface area contributed by atoms with Gasteiger partial charge in [-0.25, -0.2) is 9.67 Å². The molecule has 0 bridgehead atoms. The Morgan fingerprint density at radius 2 is 2.08 bits per heavy atom. The number of nitrogens with one attached hydrogen (secondary N) is 2. The van der Waals surface area contributed by atoms with Crippen LogP contribution in [0.5, 0.6) is 0 Å². The van der Waals surface area contributed by atoms with Gasteiger partial charge in [-0.1, -0.05) is 30.3 Å². The fourth-order valence-electron chi connectivity index (χ4n) is 1.89. The summed E-state index contributed by atoms with van der Waals surface area (Å²) >= 11 is 0. The first kappa shape index (κ1) is 17.6. The van der Waals surface area contributed by atoms with Gasteiger partial charge in [0.05, 0.1) is 6.61 Å². The summed E-state index contributed by atoms with van der Waals surface area (Å²) in [5.41, 5.74) is 6.60. The first-order valence-electron chi connectivity index (χ1n) is 7.34. The number of hydrogen-bond donors (Lipinski definition) is 3. The Balaban J connectivity index is 1.80. The van der Waals surface area contributed by atoms with E-state index in [9.17, 15) is 9.59 Å². The predicted molar refractivity (Wildman–Crippen MR) is 86.8 cm³/mol. The van der Waals surface area contributed by atoms with Gasteiger partial charge in [0.15, 0.2) is 0 Å². The Hall–Kier alpha value is -2.78. The number of nitrogens with zero attached hydrogens (tertiary/aromatic N) is 3. The molecule has 1 atom stereocenters. The summed E-state index contributed by atoms with van der Waals surface area (Å²) in [4.78, 5) is 27.5. The van der Waals surface area contributed by atoms with Crippen molar-refractivity contribution in [2.75, 3.05) is 19.0 Å². The molecule has 1 aromatic heterocycles. The van der Waals surface area contributed by atoms with Crippen LogP contribution in [0.2, 0.25) is 0 Å². The van der Waals surface area contributed by atoms with E-state index in [2.05, 4.69) is 20.7 Å². The average molecular weight is 332 g/mol. The van der Waals surface area contributed by atoms with Gasteiger partial charge in [0, 0.05) is 13.7 Å². The number of carbonyl (C=O) groups excluding carboxylic acids is 2. The number of ether oxygens (including phenoxy) is 1. The molecule has 9 heteroatoms. The fourth-order valence-corrected chi connectivity index (χ4v) is 1.89. The summed E-state index contributed by atoms with van der Waals surface area (Å²) in [6.07, 6.45) is 1.36. The summed E-state index contributed by atoms with van der Waals surface area (Å²) in [5.74, 6) is -0.580. The third-order valence-corrected chi connectivity index (χ3v) is 3.09. The Kier molecular flexibility index (Phi) is 6.41. The molecule has 4 N–H and O–H groups in total. The molecular formula is C15H20N6O3. The highest BCUT2D eigenvalue weighted by molar-refractivity contribution is 5.93. The van der Waals surface area contributed by atoms with E-state index >= 15 is 0 Å². The summed E-state index contributed by atoms with van der Waals surface area (Å²) in [5, 5.41) is 9.24. The Bertz CT molecular complexity index is 673. The van der Waals surface area contributed by atoms with Crippen molar-refractivity contribution in [2.45, 2.75) is 19.1 Å². The first-order chi connectivity index (χ1) is 11.6. The van der Waals surface area contributed by atoms with Crippen LogP contribution in [-0.4, -0.2) is 46.3 Å². The van der Waals surface area contributed by atoms with Gasteiger partial charge in [-0.05, 0) is 5.56 Å². The summed E-state index contributed by atoms with van der Waals surface area (Å²) in [6.45, 7) is 0.526. The van der Waals surface area contributed by atoms with Crippen molar-refractivity contribution in [3.8, 4) is 0 Å². The van der Waals surface area contributed by atoms with Crippen molar-refractivity contribution >= 4 is 17.8 Å². The minimum absolute atomic E-state index is 0.000170. The molecule has 0 saturated heterocycles. The molecule has 9 nitrogen and oxygen atoms in total. The molecule has 2 rings (SSSR count). The molecule has 0 aliphatic heterocycles. The van der Waals surface area contributed by atoms with Crippen LogP contribution < -0.4 is 16.4 Å². The van der Waals surface area contributed by atoms with E-state index in [0.717, 1.165) is 5.56 Å². The van der Waals surface area contributed by atoms with Gasteiger partial charge in [0.2, 0.25) is 17.8 Å². The second-order valence-electron chi connectivity index (χ2n) is 5.08. The van der Waals surface area contributed by atoms with Crippen molar-refractivity contribution in [3.63, 3.8) is 0 Å². The zero-order valence-electron chi connectivity index (χ0n) is 13.3. The standard InChI is InChI=1S/C15H20N6O3/c1-24-9-12(16)14(23)19-15-18-10-21(20-15)8-13(22)17-7-11-5-3-2-4-6-11/h2-6,10,12H,7-9,16H2,1H3,(H,17,22)(H,19,20,23). The number of nitrogens with two attached hydrogens (primary N) is 1. The van der Waals surface area contributed by atoms with Crippen LogP contribution in [0.15, 0.2) is 36.7 Å². The van der Waals surface area contributed by atoms with Crippen molar-refractivity contribution in [1.82, 2.24) is 20.1 Å². The average Bonchev–Trinajstić information content (AvgIpc) is 3.01. The molecule has 0 spiro atoms. The van der Waals surface area contributed by atoms with E-state index in [0.29, 0.717) is 6.54 Å². The molecule has 24 heavy (non-hydrogen) atoms. The summed E-state index contributed by atoms with van der Waals surface area (Å²) in [7, 11) is 1.45. The Morgan fingerprint density at radius 1 is 1.33 bits per heavy atom. The van der Waals surface area contributed by atoms with Crippen molar-refractivity contribution in [1.29, 1.82) is 0 Å². The van der Waals surface area contributed by atoms with E-state index in [4.69, 9.17) is 10.5 Å². The third kappa shape index (κ3) is 5.45. The monoisotopic (exact) mass is 332 g/mol. The van der Waals surface area contributed by atoms with Gasteiger partial charge >= 0.3 is 0 Å². The number of carbonyl (C=O) groups is 2. The maximum atomic E-state index is 11.9. The van der Waals surface area contributed by atoms with Crippen LogP contribution >= 0.6 is 0 Å². The van der Waals surface area contributed by atoms with Crippen LogP contribution in [0, 0.1) is 0 Å². The van der Waals surface area contributed by atoms with Crippen LogP contribution in [0.25, 0.3) is 0 Å². The number of benzene rings is 1. The van der Waals surface area contributed by atoms with Gasteiger partial charge in [-0.3, -0.25) is 14.9 Å². The lowest BCUT2D eigenvalue weighted by Gasteiger charge is -2.08. The highest BCUT2D eigenvalue weighted by atomic mass is 16.5. The van der Waals surface area contributed by atoms with E-state index in [1.165, 1.54) is 18.1 Å². The molecule has 128 valence electrons. The SMILES string of the molecule is COCC(N)C(=O)Nc1ncn(CC(=O)NCc2ccccc2)n1. The van der Waals surface area contributed by atoms with Crippen molar-refractivity contribution < 1.29 is 14.3 Å². The molecule has 2 amide bonds. The second kappa shape index (κ2) is 8.75. The van der Waals surface area contributed by atoms with Crippen molar-refractivity contribution in [2.24, 2.45) is 5.73 Å². The lowest BCUT2D eigenvalue weighted by molar-refractivity contribution is -0.122. The van der Waals surface area contributed by atoms with Gasteiger partial charge < -0.3 is 15.8 Å². The van der Waals surface area contributed by atoms with Gasteiger partial charge in [0.25, 0.3) is 0 Å². The minimum atomic E-state index is -0.809. The number of amides is 2. The molecule has 0 aliphatic carbocycles. The quantitative estimate of drug-likeness (QED) is 0.599. The first-order valence-corrected chi connectivity index (χ1v) is 7.34. The minimum Gasteiger partial charge on any atom is -0.383 e. The van der Waals surface area contributed by atoms with Crippen LogP contribution in [-0.2, 0) is 27.4 Å². The van der Waals surface area contributed by atoms with Gasteiger partial charge in [-0.2, -0.15) is 0 Å². The predicted octanol–water partition coefficient (Wildman–Crippen LogP) is -0.493. The van der Waals surface area contributed by atoms with E-state index in [1.807, 2.05) is 30.3 Å². The molecule has 0 fully saturated rings. The summed E-state index contributed by atoms with van der Waals surface area (Å²) in [6, 6.07) is 8.76. The van der Waals surface area contributed by atoms with E-state index < -0.39 is 11.9 Å². The normalized spacial score (nSPS) is 11.8. The van der Waals surface area contributed by atoms with Crippen LogP contribution in [0.4, 0.5) is 5.95 Å². The maximum absolute atomic E-state index is 11.9. The van der Waals surface area contributed by atoms with E-state index in [-0.39, 0.29) is 25.0 Å². The largest absolute Gasteiger partial charge is 0.383 e. The molecule has 1 unspecified atom stereocenters. The molecule has 1 heterocycles. The van der Waals surface area contributed by atoms with Gasteiger partial charge in [0.1, 0.15) is 18.9 Å². The Labute approximate surface area is 139 Å². The maximum Gasteiger partial charge on any atom is 0.248 e. The van der Waals surface area contributed by atoms with Crippen LogP contribution in [0.1, 0.15) is 5.56 Å². The topological polar surface area (TPSA) is 124 Å². The molecule has 0 aliphatic rings. The Morgan fingerprint density at radius 3 is 2.79 bits per heavy atom. The number of aromatic nitrogens is 3. The zero-order chi connectivity index (χ0) is 17.4. The fraction of sp³-hybridized carbons (Fsp3) is 0.333. The molecule has 1 aromatic carbocycles. The third-order valence-electron chi connectivity index (χ3n) is 3.09. The lowest BCUT2D eigenvalue weighted by atomic mass is 10.2. The highest BCUT2D eigenvalue weighted by Gasteiger charge is 2.15. The highest BCUT2D eigenvalue weighted by Crippen LogP contribution is 1.99. The molecule has 2 aromatic rings. The number of anilines is 1.